The number of carbonyl (C=O) groups is 8. The summed E-state index contributed by atoms with van der Waals surface area (Å²) in [6.45, 7) is 11.3. The van der Waals surface area contributed by atoms with Crippen LogP contribution < -0.4 is 0 Å². The SMILES string of the molecule is CCC(OC)(C(C)=O)C(=O)OC.CCC(OC)(C(C)=O)C(=O)OC.COC(=O)C(C)(OC)C(C)=O.COC(=O)C(C)(OC)C(C)=O. The van der Waals surface area contributed by atoms with Gasteiger partial charge in [-0.25, -0.2) is 19.2 Å². The van der Waals surface area contributed by atoms with E-state index in [2.05, 4.69) is 18.9 Å². The zero-order valence-corrected chi connectivity index (χ0v) is 29.9. The van der Waals surface area contributed by atoms with E-state index >= 15 is 0 Å². The van der Waals surface area contributed by atoms with Crippen LogP contribution in [0.3, 0.4) is 0 Å². The number of ether oxygens (including phenoxy) is 8. The van der Waals surface area contributed by atoms with Crippen LogP contribution in [0.5, 0.6) is 0 Å². The predicted octanol–water partition coefficient (Wildman–Crippen LogP) is 1.39. The lowest BCUT2D eigenvalue weighted by atomic mass is 9.96. The summed E-state index contributed by atoms with van der Waals surface area (Å²) in [7, 11) is 10.1. The second-order valence-corrected chi connectivity index (χ2v) is 9.44. The summed E-state index contributed by atoms with van der Waals surface area (Å²) in [6, 6.07) is 0. The van der Waals surface area contributed by atoms with Crippen LogP contribution in [0.1, 0.15) is 68.2 Å². The molecule has 0 radical (unpaired) electrons. The molecule has 0 rings (SSSR count). The predicted molar refractivity (Wildman–Crippen MR) is 162 cm³/mol. The summed E-state index contributed by atoms with van der Waals surface area (Å²) >= 11 is 0. The molecule has 0 aliphatic rings. The molecule has 4 unspecified atom stereocenters. The van der Waals surface area contributed by atoms with Gasteiger partial charge in [-0.2, -0.15) is 0 Å². The van der Waals surface area contributed by atoms with E-state index in [9.17, 15) is 38.4 Å². The molecule has 0 fully saturated rings. The highest BCUT2D eigenvalue weighted by Gasteiger charge is 2.44. The fourth-order valence-corrected chi connectivity index (χ4v) is 3.28. The molecule has 0 aromatic rings. The van der Waals surface area contributed by atoms with Crippen LogP contribution in [0.4, 0.5) is 0 Å². The third-order valence-electron chi connectivity index (χ3n) is 7.17. The number of Topliss-reactive ketones (excluding diaryl/α,β-unsaturated/α-hetero) is 4. The van der Waals surface area contributed by atoms with Crippen molar-refractivity contribution in [3.8, 4) is 0 Å². The Balaban J connectivity index is -0.000000256. The molecule has 4 atom stereocenters. The smallest absolute Gasteiger partial charge is 0.345 e. The maximum absolute atomic E-state index is 11.2. The Hall–Kier alpha value is -3.60. The number of rotatable bonds is 14. The molecule has 0 bridgehead atoms. The van der Waals surface area contributed by atoms with Gasteiger partial charge in [0, 0.05) is 28.4 Å². The molecule has 16 nitrogen and oxygen atoms in total. The van der Waals surface area contributed by atoms with Crippen LogP contribution >= 0.6 is 0 Å². The first kappa shape index (κ1) is 49.3. The monoisotopic (exact) mass is 668 g/mol. The third kappa shape index (κ3) is 12.7. The van der Waals surface area contributed by atoms with Crippen LogP contribution in [-0.2, 0) is 76.3 Å². The van der Waals surface area contributed by atoms with Gasteiger partial charge in [0.2, 0.25) is 22.4 Å². The van der Waals surface area contributed by atoms with E-state index in [1.54, 1.807) is 13.8 Å². The number of hydrogen-bond acceptors (Lipinski definition) is 16. The zero-order chi connectivity index (χ0) is 37.7. The quantitative estimate of drug-likeness (QED) is 0.145. The molecule has 0 heterocycles. The van der Waals surface area contributed by atoms with Crippen molar-refractivity contribution in [3.05, 3.63) is 0 Å². The van der Waals surface area contributed by atoms with Crippen LogP contribution in [0, 0.1) is 0 Å². The Morgan fingerprint density at radius 3 is 0.652 bits per heavy atom. The van der Waals surface area contributed by atoms with Crippen molar-refractivity contribution in [2.45, 2.75) is 90.6 Å². The summed E-state index contributed by atoms with van der Waals surface area (Å²) in [5, 5.41) is 0. The lowest BCUT2D eigenvalue weighted by Gasteiger charge is -2.24. The van der Waals surface area contributed by atoms with Gasteiger partial charge in [-0.15, -0.1) is 0 Å². The van der Waals surface area contributed by atoms with Crippen molar-refractivity contribution < 1.29 is 76.3 Å². The summed E-state index contributed by atoms with van der Waals surface area (Å²) in [5.74, 6) is -4.03. The zero-order valence-electron chi connectivity index (χ0n) is 29.9. The van der Waals surface area contributed by atoms with Gasteiger partial charge in [0.05, 0.1) is 28.4 Å². The third-order valence-corrected chi connectivity index (χ3v) is 7.17. The molecule has 46 heavy (non-hydrogen) atoms. The van der Waals surface area contributed by atoms with Gasteiger partial charge in [0.15, 0.2) is 23.1 Å². The molecular weight excluding hydrogens is 616 g/mol. The molecule has 0 saturated heterocycles. The first-order valence-corrected chi connectivity index (χ1v) is 13.7. The standard InChI is InChI=1S/2C8H14O4.2C7H12O4/c2*1-5-8(12-4,6(2)9)7(10)11-3;2*1-5(8)7(2,11-4)6(9)10-3/h2*5H2,1-4H3;2*1-4H3. The van der Waals surface area contributed by atoms with Crippen molar-refractivity contribution in [3.63, 3.8) is 0 Å². The fourth-order valence-electron chi connectivity index (χ4n) is 3.28. The van der Waals surface area contributed by atoms with E-state index < -0.39 is 46.3 Å². The minimum absolute atomic E-state index is 0.283. The molecule has 0 spiro atoms. The lowest BCUT2D eigenvalue weighted by Crippen LogP contribution is -2.47. The van der Waals surface area contributed by atoms with Crippen molar-refractivity contribution in [2.75, 3.05) is 56.9 Å². The second-order valence-electron chi connectivity index (χ2n) is 9.44. The van der Waals surface area contributed by atoms with Gasteiger partial charge < -0.3 is 37.9 Å². The van der Waals surface area contributed by atoms with Gasteiger partial charge in [0.25, 0.3) is 0 Å². The summed E-state index contributed by atoms with van der Waals surface area (Å²) in [4.78, 5) is 88.2. The highest BCUT2D eigenvalue weighted by molar-refractivity contribution is 6.07. The molecule has 0 aromatic heterocycles. The van der Waals surface area contributed by atoms with E-state index in [4.69, 9.17) is 18.9 Å². The van der Waals surface area contributed by atoms with Gasteiger partial charge in [-0.05, 0) is 54.4 Å². The van der Waals surface area contributed by atoms with E-state index in [1.807, 2.05) is 0 Å². The number of esters is 4. The molecule has 0 aliphatic heterocycles. The Morgan fingerprint density at radius 2 is 0.609 bits per heavy atom. The molecule has 0 saturated carbocycles. The largest absolute Gasteiger partial charge is 0.467 e. The molecular formula is C30H52O16. The topological polar surface area (TPSA) is 210 Å². The normalized spacial score (nSPS) is 15.1. The highest BCUT2D eigenvalue weighted by atomic mass is 16.6. The maximum atomic E-state index is 11.2. The Bertz CT molecular complexity index is 960. The van der Waals surface area contributed by atoms with E-state index in [1.165, 1.54) is 98.4 Å². The average molecular weight is 669 g/mol. The fraction of sp³-hybridized carbons (Fsp3) is 0.733. The Kier molecular flexibility index (Phi) is 24.5. The van der Waals surface area contributed by atoms with Crippen LogP contribution in [0.15, 0.2) is 0 Å². The first-order valence-electron chi connectivity index (χ1n) is 13.7. The Morgan fingerprint density at radius 1 is 0.391 bits per heavy atom. The second kappa shape index (κ2) is 22.8. The number of methoxy groups -OCH3 is 8. The molecule has 16 heteroatoms. The van der Waals surface area contributed by atoms with Crippen molar-refractivity contribution in [1.82, 2.24) is 0 Å². The lowest BCUT2D eigenvalue weighted by molar-refractivity contribution is -0.172. The van der Waals surface area contributed by atoms with Crippen molar-refractivity contribution >= 4 is 47.0 Å². The van der Waals surface area contributed by atoms with Crippen molar-refractivity contribution in [2.24, 2.45) is 0 Å². The van der Waals surface area contributed by atoms with E-state index in [0.717, 1.165) is 0 Å². The van der Waals surface area contributed by atoms with Crippen LogP contribution in [0.25, 0.3) is 0 Å². The molecule has 0 amide bonds. The average Bonchev–Trinajstić information content (AvgIpc) is 3.04. The van der Waals surface area contributed by atoms with Crippen LogP contribution in [-0.4, -0.2) is 126 Å². The number of hydrogen-bond donors (Lipinski definition) is 0. The molecule has 268 valence electrons. The molecule has 0 N–H and O–H groups in total. The minimum Gasteiger partial charge on any atom is -0.467 e. The van der Waals surface area contributed by atoms with Gasteiger partial charge in [-0.3, -0.25) is 19.2 Å². The van der Waals surface area contributed by atoms with Gasteiger partial charge in [-0.1, -0.05) is 13.8 Å². The Labute approximate surface area is 271 Å². The van der Waals surface area contributed by atoms with E-state index in [-0.39, 0.29) is 36.0 Å². The van der Waals surface area contributed by atoms with E-state index in [0.29, 0.717) is 0 Å². The number of carbonyl (C=O) groups excluding carboxylic acids is 8. The highest BCUT2D eigenvalue weighted by Crippen LogP contribution is 2.19. The maximum Gasteiger partial charge on any atom is 0.345 e. The first-order chi connectivity index (χ1) is 21.1. The minimum atomic E-state index is -1.45. The molecule has 0 aliphatic carbocycles. The molecule has 0 aromatic carbocycles. The van der Waals surface area contributed by atoms with Crippen LogP contribution in [0.2, 0.25) is 0 Å². The van der Waals surface area contributed by atoms with Gasteiger partial charge in [0.1, 0.15) is 0 Å². The summed E-state index contributed by atoms with van der Waals surface area (Å²) in [5.41, 5.74) is -5.72. The number of ketones is 4. The van der Waals surface area contributed by atoms with Gasteiger partial charge >= 0.3 is 23.9 Å². The summed E-state index contributed by atoms with van der Waals surface area (Å²) in [6.07, 6.45) is 0.566. The summed E-state index contributed by atoms with van der Waals surface area (Å²) < 4.78 is 36.9. The van der Waals surface area contributed by atoms with Crippen molar-refractivity contribution in [1.29, 1.82) is 0 Å².